The lowest BCUT2D eigenvalue weighted by molar-refractivity contribution is 0.628. The van der Waals surface area contributed by atoms with Crippen LogP contribution in [0.5, 0.6) is 0 Å². The zero-order valence-electron chi connectivity index (χ0n) is 22.3. The molecule has 6 aromatic rings. The van der Waals surface area contributed by atoms with Gasteiger partial charge < -0.3 is 21.7 Å². The molecule has 9 nitrogen and oxygen atoms in total. The van der Waals surface area contributed by atoms with Gasteiger partial charge in [-0.25, -0.2) is 14.4 Å². The molecule has 6 rings (SSSR count). The third kappa shape index (κ3) is 6.78. The number of para-hydroxylation sites is 1. The number of hydrogen-bond acceptors (Lipinski definition) is 9. The Morgan fingerprint density at radius 1 is 0.558 bits per heavy atom. The molecule has 2 aromatic heterocycles. The molecule has 4 aromatic carbocycles. The first kappa shape index (κ1) is 27.8. The van der Waals surface area contributed by atoms with Crippen molar-refractivity contribution in [1.82, 2.24) is 24.9 Å². The van der Waals surface area contributed by atoms with E-state index in [1.54, 1.807) is 30.3 Å². The molecule has 0 aliphatic heterocycles. The molecule has 0 bridgehead atoms. The third-order valence-corrected chi connectivity index (χ3v) is 6.97. The highest BCUT2D eigenvalue weighted by Gasteiger charge is 2.13. The van der Waals surface area contributed by atoms with Crippen LogP contribution in [0.4, 0.5) is 45.2 Å². The minimum atomic E-state index is -0.381. The number of rotatable bonds is 8. The first-order chi connectivity index (χ1) is 20.9. The molecule has 0 aliphatic carbocycles. The molecule has 0 spiro atoms. The average Bonchev–Trinajstić information content (AvgIpc) is 2.99. The summed E-state index contributed by atoms with van der Waals surface area (Å²) in [7, 11) is 0. The molecule has 0 aliphatic rings. The van der Waals surface area contributed by atoms with Gasteiger partial charge in [0.05, 0.1) is 21.4 Å². The number of nitrogens with one attached hydrogen (secondary N) is 3. The third-order valence-electron chi connectivity index (χ3n) is 6.15. The van der Waals surface area contributed by atoms with Crippen LogP contribution in [0.25, 0.3) is 22.5 Å². The number of benzene rings is 4. The summed E-state index contributed by atoms with van der Waals surface area (Å²) in [5.41, 5.74) is 10.7. The van der Waals surface area contributed by atoms with Gasteiger partial charge in [-0.1, -0.05) is 71.7 Å². The summed E-state index contributed by atoms with van der Waals surface area (Å²) in [6.45, 7) is 0. The predicted molar refractivity (Wildman–Crippen MR) is 170 cm³/mol. The Balaban J connectivity index is 1.27. The van der Waals surface area contributed by atoms with Gasteiger partial charge >= 0.3 is 0 Å². The van der Waals surface area contributed by atoms with E-state index in [0.717, 1.165) is 11.3 Å². The van der Waals surface area contributed by atoms with Crippen LogP contribution in [0, 0.1) is 5.82 Å². The van der Waals surface area contributed by atoms with E-state index >= 15 is 0 Å². The standard InChI is InChI=1S/C31H22Cl2FN9/c32-24-11-5-10-23(27(24)33)26-17-25(39-28(35)40-26)18-12-14-21(15-13-18)37-30-41-29(36-20-7-2-1-3-8-20)42-31(43-30)38-22-9-4-6-19(34)16-22/h1-17H,(H2,35,39,40)(H3,36,37,38,41,42,43). The van der Waals surface area contributed by atoms with Crippen LogP contribution >= 0.6 is 23.2 Å². The number of anilines is 7. The van der Waals surface area contributed by atoms with E-state index in [-0.39, 0.29) is 23.7 Å². The Morgan fingerprint density at radius 3 is 1.81 bits per heavy atom. The van der Waals surface area contributed by atoms with Crippen LogP contribution in [0.3, 0.4) is 0 Å². The van der Waals surface area contributed by atoms with Gasteiger partial charge in [0.1, 0.15) is 5.82 Å². The topological polar surface area (TPSA) is 127 Å². The summed E-state index contributed by atoms with van der Waals surface area (Å²) >= 11 is 12.6. The van der Waals surface area contributed by atoms with E-state index in [1.165, 1.54) is 12.1 Å². The fourth-order valence-corrected chi connectivity index (χ4v) is 4.59. The fraction of sp³-hybridized carbons (Fsp3) is 0. The summed E-state index contributed by atoms with van der Waals surface area (Å²) < 4.78 is 13.8. The highest BCUT2D eigenvalue weighted by Crippen LogP contribution is 2.34. The smallest absolute Gasteiger partial charge is 0.233 e. The molecule has 2 heterocycles. The minimum absolute atomic E-state index is 0.104. The lowest BCUT2D eigenvalue weighted by Crippen LogP contribution is -2.07. The zero-order chi connectivity index (χ0) is 29.8. The highest BCUT2D eigenvalue weighted by atomic mass is 35.5. The molecule has 0 radical (unpaired) electrons. The van der Waals surface area contributed by atoms with Gasteiger partial charge in [-0.15, -0.1) is 0 Å². The molecular weight excluding hydrogens is 588 g/mol. The number of aromatic nitrogens is 5. The Morgan fingerprint density at radius 2 is 1.14 bits per heavy atom. The Bertz CT molecular complexity index is 1910. The van der Waals surface area contributed by atoms with Gasteiger partial charge in [0.25, 0.3) is 0 Å². The van der Waals surface area contributed by atoms with Crippen molar-refractivity contribution in [2.75, 3.05) is 21.7 Å². The van der Waals surface area contributed by atoms with Gasteiger partial charge in [0, 0.05) is 28.2 Å². The van der Waals surface area contributed by atoms with Gasteiger partial charge in [0.15, 0.2) is 0 Å². The van der Waals surface area contributed by atoms with Crippen LogP contribution in [-0.2, 0) is 0 Å². The van der Waals surface area contributed by atoms with Crippen molar-refractivity contribution in [2.24, 2.45) is 0 Å². The van der Waals surface area contributed by atoms with E-state index in [1.807, 2.05) is 60.7 Å². The molecular formula is C31H22Cl2FN9. The van der Waals surface area contributed by atoms with Crippen LogP contribution < -0.4 is 21.7 Å². The highest BCUT2D eigenvalue weighted by molar-refractivity contribution is 6.43. The van der Waals surface area contributed by atoms with Gasteiger partial charge in [-0.3, -0.25) is 0 Å². The van der Waals surface area contributed by atoms with Crippen molar-refractivity contribution in [3.8, 4) is 22.5 Å². The summed E-state index contributed by atoms with van der Waals surface area (Å²) in [6.07, 6.45) is 0. The molecule has 0 amide bonds. The summed E-state index contributed by atoms with van der Waals surface area (Å²) in [5.74, 6) is 0.509. The van der Waals surface area contributed by atoms with E-state index < -0.39 is 0 Å². The monoisotopic (exact) mass is 609 g/mol. The van der Waals surface area contributed by atoms with Crippen molar-refractivity contribution >= 4 is 64.1 Å². The Hall–Kier alpha value is -5.32. The second-order valence-corrected chi connectivity index (χ2v) is 10.0. The van der Waals surface area contributed by atoms with E-state index in [4.69, 9.17) is 28.9 Å². The number of hydrogen-bond donors (Lipinski definition) is 4. The molecule has 43 heavy (non-hydrogen) atoms. The second-order valence-electron chi connectivity index (χ2n) is 9.23. The van der Waals surface area contributed by atoms with Crippen LogP contribution in [-0.4, -0.2) is 24.9 Å². The quantitative estimate of drug-likeness (QED) is 0.135. The molecule has 0 unspecified atom stereocenters. The zero-order valence-corrected chi connectivity index (χ0v) is 23.8. The number of halogens is 3. The van der Waals surface area contributed by atoms with Crippen molar-refractivity contribution < 1.29 is 4.39 Å². The normalized spacial score (nSPS) is 10.8. The van der Waals surface area contributed by atoms with Gasteiger partial charge in [-0.2, -0.15) is 15.0 Å². The van der Waals surface area contributed by atoms with Gasteiger partial charge in [-0.05, 0) is 54.6 Å². The first-order valence-corrected chi connectivity index (χ1v) is 13.7. The van der Waals surface area contributed by atoms with Crippen molar-refractivity contribution in [3.63, 3.8) is 0 Å². The van der Waals surface area contributed by atoms with Gasteiger partial charge in [0.2, 0.25) is 23.8 Å². The van der Waals surface area contributed by atoms with Crippen molar-refractivity contribution in [1.29, 1.82) is 0 Å². The van der Waals surface area contributed by atoms with E-state index in [0.29, 0.717) is 44.3 Å². The maximum Gasteiger partial charge on any atom is 0.233 e. The number of nitrogens with two attached hydrogens (primary N) is 1. The lowest BCUT2D eigenvalue weighted by atomic mass is 10.1. The maximum absolute atomic E-state index is 13.8. The largest absolute Gasteiger partial charge is 0.368 e. The molecule has 5 N–H and O–H groups in total. The molecule has 0 saturated heterocycles. The molecule has 0 atom stereocenters. The molecule has 0 saturated carbocycles. The summed E-state index contributed by atoms with van der Waals surface area (Å²) in [5, 5.41) is 10.2. The lowest BCUT2D eigenvalue weighted by Gasteiger charge is -2.12. The van der Waals surface area contributed by atoms with Crippen molar-refractivity contribution in [2.45, 2.75) is 0 Å². The Kier molecular flexibility index (Phi) is 7.94. The molecule has 212 valence electrons. The average molecular weight is 610 g/mol. The molecule has 12 heteroatoms. The fourth-order valence-electron chi connectivity index (χ4n) is 4.20. The SMILES string of the molecule is Nc1nc(-c2ccc(Nc3nc(Nc4ccccc4)nc(Nc4cccc(F)c4)n3)cc2)cc(-c2cccc(Cl)c2Cl)n1. The molecule has 0 fully saturated rings. The summed E-state index contributed by atoms with van der Waals surface area (Å²) in [4.78, 5) is 22.2. The second kappa shape index (κ2) is 12.3. The van der Waals surface area contributed by atoms with E-state index in [9.17, 15) is 4.39 Å². The minimum Gasteiger partial charge on any atom is -0.368 e. The van der Waals surface area contributed by atoms with Crippen LogP contribution in [0.15, 0.2) is 103 Å². The van der Waals surface area contributed by atoms with Crippen molar-refractivity contribution in [3.05, 3.63) is 119 Å². The first-order valence-electron chi connectivity index (χ1n) is 13.0. The maximum atomic E-state index is 13.8. The van der Waals surface area contributed by atoms with Crippen LogP contribution in [0.1, 0.15) is 0 Å². The Labute approximate surface area is 256 Å². The van der Waals surface area contributed by atoms with E-state index in [2.05, 4.69) is 40.9 Å². The number of nitrogen functional groups attached to an aromatic ring is 1. The predicted octanol–water partition coefficient (Wildman–Crippen LogP) is 8.25. The van der Waals surface area contributed by atoms with Crippen LogP contribution in [0.2, 0.25) is 10.0 Å². The summed E-state index contributed by atoms with van der Waals surface area (Å²) in [6, 6.07) is 30.1. The number of nitrogens with zero attached hydrogens (tertiary/aromatic N) is 5.